The SMILES string of the molecule is O=C(CCN1CCN(C(=O)c2cc3ccccc3[nH]2)CC1)NC(=O)NCc1ccccc1. The predicted octanol–water partition coefficient (Wildman–Crippen LogP) is 2.34. The van der Waals surface area contributed by atoms with E-state index in [1.54, 1.807) is 0 Å². The highest BCUT2D eigenvalue weighted by Gasteiger charge is 2.23. The van der Waals surface area contributed by atoms with Crippen molar-refractivity contribution in [3.05, 3.63) is 71.9 Å². The molecule has 3 N–H and O–H groups in total. The topological polar surface area (TPSA) is 97.5 Å². The Morgan fingerprint density at radius 3 is 2.38 bits per heavy atom. The average molecular weight is 434 g/mol. The van der Waals surface area contributed by atoms with Crippen LogP contribution in [0.3, 0.4) is 0 Å². The Labute approximate surface area is 186 Å². The number of benzene rings is 2. The highest BCUT2D eigenvalue weighted by atomic mass is 16.2. The van der Waals surface area contributed by atoms with E-state index in [1.807, 2.05) is 65.6 Å². The zero-order valence-electron chi connectivity index (χ0n) is 17.8. The summed E-state index contributed by atoms with van der Waals surface area (Å²) in [6.07, 6.45) is 0.231. The Hall–Kier alpha value is -3.65. The van der Waals surface area contributed by atoms with Gasteiger partial charge < -0.3 is 15.2 Å². The van der Waals surface area contributed by atoms with Crippen LogP contribution < -0.4 is 10.6 Å². The van der Waals surface area contributed by atoms with Crippen molar-refractivity contribution in [2.24, 2.45) is 0 Å². The van der Waals surface area contributed by atoms with Crippen LogP contribution in [0.5, 0.6) is 0 Å². The van der Waals surface area contributed by atoms with E-state index in [-0.39, 0.29) is 18.2 Å². The molecule has 0 atom stereocenters. The van der Waals surface area contributed by atoms with Crippen LogP contribution in [0.2, 0.25) is 0 Å². The maximum atomic E-state index is 12.8. The van der Waals surface area contributed by atoms with Crippen molar-refractivity contribution in [3.8, 4) is 0 Å². The van der Waals surface area contributed by atoms with Gasteiger partial charge in [0.05, 0.1) is 0 Å². The standard InChI is InChI=1S/C24H27N5O3/c30-22(27-24(32)25-17-18-6-2-1-3-7-18)10-11-28-12-14-29(15-13-28)23(31)21-16-19-8-4-5-9-20(19)26-21/h1-9,16,26H,10-15,17H2,(H2,25,27,30,32). The zero-order chi connectivity index (χ0) is 22.3. The Kier molecular flexibility index (Phi) is 6.81. The molecule has 166 valence electrons. The molecule has 1 saturated heterocycles. The summed E-state index contributed by atoms with van der Waals surface area (Å²) >= 11 is 0. The van der Waals surface area contributed by atoms with Crippen LogP contribution >= 0.6 is 0 Å². The Morgan fingerprint density at radius 1 is 0.906 bits per heavy atom. The molecule has 32 heavy (non-hydrogen) atoms. The van der Waals surface area contributed by atoms with E-state index in [9.17, 15) is 14.4 Å². The number of para-hydroxylation sites is 1. The number of nitrogens with zero attached hydrogens (tertiary/aromatic N) is 2. The van der Waals surface area contributed by atoms with Crippen molar-refractivity contribution in [1.82, 2.24) is 25.4 Å². The summed E-state index contributed by atoms with van der Waals surface area (Å²) in [5.41, 5.74) is 2.52. The molecular weight excluding hydrogens is 406 g/mol. The minimum Gasteiger partial charge on any atom is -0.351 e. The van der Waals surface area contributed by atoms with Crippen molar-refractivity contribution < 1.29 is 14.4 Å². The van der Waals surface area contributed by atoms with Gasteiger partial charge in [-0.15, -0.1) is 0 Å². The Balaban J connectivity index is 1.16. The lowest BCUT2D eigenvalue weighted by Gasteiger charge is -2.34. The van der Waals surface area contributed by atoms with E-state index in [0.29, 0.717) is 45.0 Å². The molecule has 1 aromatic heterocycles. The third-order valence-corrected chi connectivity index (χ3v) is 5.62. The average Bonchev–Trinajstić information content (AvgIpc) is 3.26. The Bertz CT molecular complexity index is 1050. The third-order valence-electron chi connectivity index (χ3n) is 5.62. The lowest BCUT2D eigenvalue weighted by atomic mass is 10.2. The maximum Gasteiger partial charge on any atom is 0.321 e. The van der Waals surface area contributed by atoms with Crippen molar-refractivity contribution in [3.63, 3.8) is 0 Å². The first-order chi connectivity index (χ1) is 15.6. The highest BCUT2D eigenvalue weighted by Crippen LogP contribution is 2.17. The molecule has 0 spiro atoms. The molecular formula is C24H27N5O3. The zero-order valence-corrected chi connectivity index (χ0v) is 17.8. The number of aromatic nitrogens is 1. The van der Waals surface area contributed by atoms with E-state index in [2.05, 4.69) is 20.5 Å². The maximum absolute atomic E-state index is 12.8. The van der Waals surface area contributed by atoms with Crippen LogP contribution in [0.25, 0.3) is 10.9 Å². The number of imide groups is 1. The summed E-state index contributed by atoms with van der Waals surface area (Å²) in [6.45, 7) is 3.51. The molecule has 4 amide bonds. The van der Waals surface area contributed by atoms with Gasteiger partial charge in [-0.2, -0.15) is 0 Å². The lowest BCUT2D eigenvalue weighted by Crippen LogP contribution is -2.49. The highest BCUT2D eigenvalue weighted by molar-refractivity contribution is 5.98. The van der Waals surface area contributed by atoms with Gasteiger partial charge in [-0.3, -0.25) is 19.8 Å². The fraction of sp³-hybridized carbons (Fsp3) is 0.292. The molecule has 2 heterocycles. The number of H-pyrrole nitrogens is 1. The molecule has 0 aliphatic carbocycles. The summed E-state index contributed by atoms with van der Waals surface area (Å²) in [5, 5.41) is 6.07. The van der Waals surface area contributed by atoms with Gasteiger partial charge in [-0.25, -0.2) is 4.79 Å². The fourth-order valence-corrected chi connectivity index (χ4v) is 3.80. The van der Waals surface area contributed by atoms with E-state index in [1.165, 1.54) is 0 Å². The van der Waals surface area contributed by atoms with Gasteiger partial charge in [0.25, 0.3) is 5.91 Å². The largest absolute Gasteiger partial charge is 0.351 e. The van der Waals surface area contributed by atoms with Gasteiger partial charge in [0.1, 0.15) is 5.69 Å². The smallest absolute Gasteiger partial charge is 0.321 e. The van der Waals surface area contributed by atoms with Crippen molar-refractivity contribution in [2.75, 3.05) is 32.7 Å². The van der Waals surface area contributed by atoms with Crippen molar-refractivity contribution in [1.29, 1.82) is 0 Å². The van der Waals surface area contributed by atoms with Gasteiger partial charge in [0.2, 0.25) is 5.91 Å². The van der Waals surface area contributed by atoms with Gasteiger partial charge in [-0.05, 0) is 17.7 Å². The predicted molar refractivity (Wildman–Crippen MR) is 122 cm³/mol. The van der Waals surface area contributed by atoms with Crippen LogP contribution in [-0.2, 0) is 11.3 Å². The number of nitrogens with one attached hydrogen (secondary N) is 3. The second-order valence-electron chi connectivity index (χ2n) is 7.87. The number of piperazine rings is 1. The monoisotopic (exact) mass is 433 g/mol. The quantitative estimate of drug-likeness (QED) is 0.556. The van der Waals surface area contributed by atoms with Gasteiger partial charge in [0.15, 0.2) is 0 Å². The number of hydrogen-bond donors (Lipinski definition) is 3. The second kappa shape index (κ2) is 10.1. The third kappa shape index (κ3) is 5.53. The van der Waals surface area contributed by atoms with Crippen molar-refractivity contribution >= 4 is 28.7 Å². The van der Waals surface area contributed by atoms with Crippen molar-refractivity contribution in [2.45, 2.75) is 13.0 Å². The van der Waals surface area contributed by atoms with Gasteiger partial charge in [0, 0.05) is 56.6 Å². The number of aromatic amines is 1. The van der Waals surface area contributed by atoms with E-state index in [4.69, 9.17) is 0 Å². The normalized spacial score (nSPS) is 14.3. The molecule has 8 heteroatoms. The molecule has 0 bridgehead atoms. The Morgan fingerprint density at radius 2 is 1.62 bits per heavy atom. The van der Waals surface area contributed by atoms with E-state index >= 15 is 0 Å². The van der Waals surface area contributed by atoms with Crippen LogP contribution in [0.1, 0.15) is 22.5 Å². The number of rotatable bonds is 6. The number of urea groups is 1. The number of fused-ring (bicyclic) bond motifs is 1. The van der Waals surface area contributed by atoms with E-state index in [0.717, 1.165) is 16.5 Å². The lowest BCUT2D eigenvalue weighted by molar-refractivity contribution is -0.120. The second-order valence-corrected chi connectivity index (χ2v) is 7.87. The number of amides is 4. The summed E-state index contributed by atoms with van der Waals surface area (Å²) in [7, 11) is 0. The summed E-state index contributed by atoms with van der Waals surface area (Å²) in [4.78, 5) is 43.9. The van der Waals surface area contributed by atoms with Gasteiger partial charge >= 0.3 is 6.03 Å². The molecule has 1 aliphatic heterocycles. The molecule has 8 nitrogen and oxygen atoms in total. The van der Waals surface area contributed by atoms with Crippen LogP contribution in [0.4, 0.5) is 4.79 Å². The molecule has 1 aliphatic rings. The first kappa shape index (κ1) is 21.6. The molecule has 3 aromatic rings. The fourth-order valence-electron chi connectivity index (χ4n) is 3.80. The molecule has 0 unspecified atom stereocenters. The number of hydrogen-bond acceptors (Lipinski definition) is 4. The van der Waals surface area contributed by atoms with Crippen LogP contribution in [-0.4, -0.2) is 65.4 Å². The van der Waals surface area contributed by atoms with Crippen LogP contribution in [0, 0.1) is 0 Å². The first-order valence-corrected chi connectivity index (χ1v) is 10.8. The minimum absolute atomic E-state index is 0.00585. The summed E-state index contributed by atoms with van der Waals surface area (Å²) in [6, 6.07) is 18.7. The molecule has 2 aromatic carbocycles. The molecule has 4 rings (SSSR count). The molecule has 0 radical (unpaired) electrons. The number of carbonyl (C=O) groups excluding carboxylic acids is 3. The summed E-state index contributed by atoms with van der Waals surface area (Å²) in [5.74, 6) is -0.319. The number of carbonyl (C=O) groups is 3. The molecule has 0 saturated carbocycles. The van der Waals surface area contributed by atoms with Gasteiger partial charge in [-0.1, -0.05) is 48.5 Å². The minimum atomic E-state index is -0.493. The van der Waals surface area contributed by atoms with Crippen LogP contribution in [0.15, 0.2) is 60.7 Å². The summed E-state index contributed by atoms with van der Waals surface area (Å²) < 4.78 is 0. The first-order valence-electron chi connectivity index (χ1n) is 10.8. The van der Waals surface area contributed by atoms with E-state index < -0.39 is 6.03 Å². The molecule has 1 fully saturated rings.